The number of benzene rings is 1. The fourth-order valence-corrected chi connectivity index (χ4v) is 3.27. The van der Waals surface area contributed by atoms with E-state index in [9.17, 15) is 0 Å². The molecule has 2 N–H and O–H groups in total. The Labute approximate surface area is 169 Å². The maximum absolute atomic E-state index is 8.80. The van der Waals surface area contributed by atoms with Gasteiger partial charge in [0.15, 0.2) is 11.5 Å². The molecule has 3 aromatic rings. The third-order valence-corrected chi connectivity index (χ3v) is 4.94. The summed E-state index contributed by atoms with van der Waals surface area (Å²) in [5.74, 6) is 1.90. The van der Waals surface area contributed by atoms with E-state index in [4.69, 9.17) is 10.00 Å². The molecule has 9 heteroatoms. The molecule has 0 spiro atoms. The highest BCUT2D eigenvalue weighted by atomic mass is 16.5. The molecule has 1 aliphatic heterocycles. The topological polar surface area (TPSA) is 106 Å². The van der Waals surface area contributed by atoms with Crippen LogP contribution in [-0.2, 0) is 0 Å². The minimum Gasteiger partial charge on any atom is -0.496 e. The molecule has 0 saturated carbocycles. The molecular formula is C20H22N8O. The largest absolute Gasteiger partial charge is 0.496 e. The van der Waals surface area contributed by atoms with E-state index in [1.807, 2.05) is 18.2 Å². The summed E-state index contributed by atoms with van der Waals surface area (Å²) in [6.45, 7) is 4.11. The molecule has 0 bridgehead atoms. The minimum atomic E-state index is 0.267. The highest BCUT2D eigenvalue weighted by Gasteiger charge is 2.17. The first-order valence-electron chi connectivity index (χ1n) is 9.33. The van der Waals surface area contributed by atoms with Crippen LogP contribution in [0.4, 0.5) is 17.3 Å². The summed E-state index contributed by atoms with van der Waals surface area (Å²) >= 11 is 0. The lowest BCUT2D eigenvalue weighted by Crippen LogP contribution is -2.44. The average molecular weight is 390 g/mol. The number of nitriles is 1. The molecule has 1 saturated heterocycles. The van der Waals surface area contributed by atoms with Crippen molar-refractivity contribution in [1.82, 2.24) is 25.1 Å². The number of aromatic nitrogens is 4. The standard InChI is InChI=1S/C20H22N8O/c1-27-5-7-28(8-6-27)15-3-4-16(18(9-15)29-2)17-10-19(26-25-17)24-20-13-22-14(11-21)12-23-20/h3-4,9-10,12-13H,5-8H2,1-2H3,(H2,23,24,25,26). The summed E-state index contributed by atoms with van der Waals surface area (Å²) in [6, 6.07) is 10.1. The number of rotatable bonds is 5. The van der Waals surface area contributed by atoms with Gasteiger partial charge in [0.05, 0.1) is 25.2 Å². The van der Waals surface area contributed by atoms with E-state index >= 15 is 0 Å². The Kier molecular flexibility index (Phi) is 5.27. The Bertz CT molecular complexity index is 1020. The molecule has 148 valence electrons. The summed E-state index contributed by atoms with van der Waals surface area (Å²) < 4.78 is 5.65. The first-order chi connectivity index (χ1) is 14.2. The molecule has 4 rings (SSSR count). The second-order valence-corrected chi connectivity index (χ2v) is 6.87. The average Bonchev–Trinajstić information content (AvgIpc) is 3.22. The number of ether oxygens (including phenoxy) is 1. The van der Waals surface area contributed by atoms with Gasteiger partial charge in [0.1, 0.15) is 17.6 Å². The van der Waals surface area contributed by atoms with Crippen molar-refractivity contribution in [3.8, 4) is 23.1 Å². The van der Waals surface area contributed by atoms with Crippen molar-refractivity contribution >= 4 is 17.3 Å². The van der Waals surface area contributed by atoms with Crippen molar-refractivity contribution in [3.05, 3.63) is 42.4 Å². The summed E-state index contributed by atoms with van der Waals surface area (Å²) in [4.78, 5) is 12.8. The Morgan fingerprint density at radius 3 is 2.62 bits per heavy atom. The van der Waals surface area contributed by atoms with Gasteiger partial charge in [-0.2, -0.15) is 10.4 Å². The Balaban J connectivity index is 1.52. The number of hydrogen-bond donors (Lipinski definition) is 2. The van der Waals surface area contributed by atoms with Gasteiger partial charge in [-0.3, -0.25) is 5.10 Å². The highest BCUT2D eigenvalue weighted by Crippen LogP contribution is 2.34. The molecule has 0 atom stereocenters. The van der Waals surface area contributed by atoms with Crippen LogP contribution >= 0.6 is 0 Å². The zero-order valence-electron chi connectivity index (χ0n) is 16.4. The van der Waals surface area contributed by atoms with E-state index in [0.29, 0.717) is 11.6 Å². The van der Waals surface area contributed by atoms with Gasteiger partial charge < -0.3 is 19.9 Å². The third kappa shape index (κ3) is 4.12. The number of nitrogens with zero attached hydrogens (tertiary/aromatic N) is 6. The lowest BCUT2D eigenvalue weighted by atomic mass is 10.1. The molecule has 1 aliphatic rings. The van der Waals surface area contributed by atoms with Gasteiger partial charge in [0.2, 0.25) is 0 Å². The van der Waals surface area contributed by atoms with Gasteiger partial charge in [-0.05, 0) is 19.2 Å². The quantitative estimate of drug-likeness (QED) is 0.683. The number of anilines is 3. The fourth-order valence-electron chi connectivity index (χ4n) is 3.27. The Morgan fingerprint density at radius 2 is 1.93 bits per heavy atom. The van der Waals surface area contributed by atoms with Crippen LogP contribution in [0.3, 0.4) is 0 Å². The summed E-state index contributed by atoms with van der Waals surface area (Å²) in [7, 11) is 3.82. The van der Waals surface area contributed by atoms with Crippen molar-refractivity contribution in [1.29, 1.82) is 5.26 Å². The van der Waals surface area contributed by atoms with E-state index in [2.05, 4.69) is 54.5 Å². The number of H-pyrrole nitrogens is 1. The minimum absolute atomic E-state index is 0.267. The van der Waals surface area contributed by atoms with Crippen LogP contribution in [0.2, 0.25) is 0 Å². The van der Waals surface area contributed by atoms with Crippen LogP contribution in [0, 0.1) is 11.3 Å². The number of hydrogen-bond acceptors (Lipinski definition) is 8. The predicted octanol–water partition coefficient (Wildman–Crippen LogP) is 2.24. The van der Waals surface area contributed by atoms with Gasteiger partial charge in [0, 0.05) is 49.6 Å². The number of piperazine rings is 1. The van der Waals surface area contributed by atoms with E-state index in [1.165, 1.54) is 12.4 Å². The number of nitrogens with one attached hydrogen (secondary N) is 2. The third-order valence-electron chi connectivity index (χ3n) is 4.94. The van der Waals surface area contributed by atoms with Gasteiger partial charge in [-0.25, -0.2) is 9.97 Å². The smallest absolute Gasteiger partial charge is 0.158 e. The lowest BCUT2D eigenvalue weighted by Gasteiger charge is -2.34. The number of methoxy groups -OCH3 is 1. The maximum atomic E-state index is 8.80. The van der Waals surface area contributed by atoms with Gasteiger partial charge in [-0.15, -0.1) is 0 Å². The molecule has 0 amide bonds. The number of likely N-dealkylation sites (N-methyl/N-ethyl adjacent to an activating group) is 1. The van der Waals surface area contributed by atoms with Crippen LogP contribution in [0.5, 0.6) is 5.75 Å². The molecule has 0 aliphatic carbocycles. The van der Waals surface area contributed by atoms with Gasteiger partial charge >= 0.3 is 0 Å². The van der Waals surface area contributed by atoms with Crippen LogP contribution in [0.1, 0.15) is 5.69 Å². The molecule has 1 fully saturated rings. The SMILES string of the molecule is COc1cc(N2CCN(C)CC2)ccc1-c1cc(Nc2cnc(C#N)cn2)n[nH]1. The number of aromatic amines is 1. The van der Waals surface area contributed by atoms with Crippen molar-refractivity contribution in [3.63, 3.8) is 0 Å². The second-order valence-electron chi connectivity index (χ2n) is 6.87. The summed E-state index contributed by atoms with van der Waals surface area (Å²) in [5.41, 5.74) is 3.18. The van der Waals surface area contributed by atoms with E-state index in [0.717, 1.165) is 48.9 Å². The zero-order chi connectivity index (χ0) is 20.2. The van der Waals surface area contributed by atoms with Gasteiger partial charge in [-0.1, -0.05) is 0 Å². The molecular weight excluding hydrogens is 368 g/mol. The molecule has 0 unspecified atom stereocenters. The predicted molar refractivity (Wildman–Crippen MR) is 110 cm³/mol. The molecule has 9 nitrogen and oxygen atoms in total. The molecule has 0 radical (unpaired) electrons. The van der Waals surface area contributed by atoms with E-state index in [1.54, 1.807) is 7.11 Å². The van der Waals surface area contributed by atoms with Crippen molar-refractivity contribution in [2.45, 2.75) is 0 Å². The van der Waals surface area contributed by atoms with E-state index in [-0.39, 0.29) is 5.69 Å². The monoisotopic (exact) mass is 390 g/mol. The van der Waals surface area contributed by atoms with Crippen LogP contribution in [0.15, 0.2) is 36.7 Å². The molecule has 1 aromatic carbocycles. The summed E-state index contributed by atoms with van der Waals surface area (Å²) in [5, 5.41) is 19.2. The van der Waals surface area contributed by atoms with Crippen LogP contribution in [-0.4, -0.2) is 65.4 Å². The van der Waals surface area contributed by atoms with E-state index < -0.39 is 0 Å². The van der Waals surface area contributed by atoms with Crippen molar-refractivity contribution < 1.29 is 4.74 Å². The highest BCUT2D eigenvalue weighted by molar-refractivity contribution is 5.73. The molecule has 29 heavy (non-hydrogen) atoms. The maximum Gasteiger partial charge on any atom is 0.158 e. The zero-order valence-corrected chi connectivity index (χ0v) is 16.4. The van der Waals surface area contributed by atoms with Gasteiger partial charge in [0.25, 0.3) is 0 Å². The van der Waals surface area contributed by atoms with Crippen LogP contribution in [0.25, 0.3) is 11.3 Å². The molecule has 2 aromatic heterocycles. The second kappa shape index (κ2) is 8.16. The normalized spacial score (nSPS) is 14.4. The first-order valence-corrected chi connectivity index (χ1v) is 9.33. The lowest BCUT2D eigenvalue weighted by molar-refractivity contribution is 0.312. The van der Waals surface area contributed by atoms with Crippen molar-refractivity contribution in [2.75, 3.05) is 50.6 Å². The van der Waals surface area contributed by atoms with Crippen LogP contribution < -0.4 is 15.0 Å². The Hall–Kier alpha value is -3.64. The summed E-state index contributed by atoms with van der Waals surface area (Å²) in [6.07, 6.45) is 2.91. The van der Waals surface area contributed by atoms with Crippen molar-refractivity contribution in [2.24, 2.45) is 0 Å². The molecule has 3 heterocycles. The Morgan fingerprint density at radius 1 is 1.10 bits per heavy atom. The fraction of sp³-hybridized carbons (Fsp3) is 0.300. The first kappa shape index (κ1) is 18.7.